The number of carbonyl (C=O) groups excluding carboxylic acids is 1. The van der Waals surface area contributed by atoms with Crippen molar-refractivity contribution < 1.29 is 4.79 Å². The summed E-state index contributed by atoms with van der Waals surface area (Å²) in [5, 5.41) is 14.5. The van der Waals surface area contributed by atoms with E-state index in [1.54, 1.807) is 24.6 Å². The average Bonchev–Trinajstić information content (AvgIpc) is 3.25. The summed E-state index contributed by atoms with van der Waals surface area (Å²) in [7, 11) is 1.80. The van der Waals surface area contributed by atoms with Crippen LogP contribution in [0, 0.1) is 13.8 Å². The molecule has 0 atom stereocenters. The van der Waals surface area contributed by atoms with Gasteiger partial charge in [-0.1, -0.05) is 23.1 Å². The van der Waals surface area contributed by atoms with Gasteiger partial charge in [-0.2, -0.15) is 0 Å². The Balaban J connectivity index is 1.76. The zero-order valence-corrected chi connectivity index (χ0v) is 15.3. The zero-order chi connectivity index (χ0) is 16.4. The lowest BCUT2D eigenvalue weighted by Crippen LogP contribution is -2.05. The van der Waals surface area contributed by atoms with E-state index in [1.807, 2.05) is 29.9 Å². The van der Waals surface area contributed by atoms with E-state index in [9.17, 15) is 4.79 Å². The lowest BCUT2D eigenvalue weighted by Gasteiger charge is -2.05. The molecule has 0 saturated heterocycles. The Morgan fingerprint density at radius 1 is 1.39 bits per heavy atom. The molecular formula is C14H15N5OS3. The molecule has 0 aliphatic carbocycles. The van der Waals surface area contributed by atoms with Crippen LogP contribution in [0.25, 0.3) is 5.13 Å². The number of aryl methyl sites for hydroxylation is 1. The van der Waals surface area contributed by atoms with Gasteiger partial charge in [0.1, 0.15) is 0 Å². The van der Waals surface area contributed by atoms with Gasteiger partial charge < -0.3 is 5.32 Å². The van der Waals surface area contributed by atoms with E-state index in [0.717, 1.165) is 31.6 Å². The van der Waals surface area contributed by atoms with Crippen LogP contribution < -0.4 is 5.32 Å². The maximum Gasteiger partial charge on any atom is 0.206 e. The van der Waals surface area contributed by atoms with Gasteiger partial charge in [0.2, 0.25) is 5.13 Å². The number of nitrogens with one attached hydrogen (secondary N) is 1. The Kier molecular flexibility index (Phi) is 4.79. The van der Waals surface area contributed by atoms with Crippen molar-refractivity contribution in [1.82, 2.24) is 19.7 Å². The third kappa shape index (κ3) is 3.31. The second-order valence-electron chi connectivity index (χ2n) is 4.77. The highest BCUT2D eigenvalue weighted by Gasteiger charge is 2.18. The highest BCUT2D eigenvalue weighted by atomic mass is 32.2. The van der Waals surface area contributed by atoms with Gasteiger partial charge in [-0.3, -0.25) is 9.36 Å². The molecule has 9 heteroatoms. The molecule has 3 rings (SSSR count). The van der Waals surface area contributed by atoms with Gasteiger partial charge in [0.05, 0.1) is 5.75 Å². The molecule has 23 heavy (non-hydrogen) atoms. The molecule has 0 aromatic carbocycles. The summed E-state index contributed by atoms with van der Waals surface area (Å²) in [6.45, 7) is 3.94. The van der Waals surface area contributed by atoms with Gasteiger partial charge in [0.15, 0.2) is 15.3 Å². The van der Waals surface area contributed by atoms with E-state index >= 15 is 0 Å². The van der Waals surface area contributed by atoms with Crippen LogP contribution in [0.1, 0.15) is 21.7 Å². The van der Waals surface area contributed by atoms with Crippen molar-refractivity contribution in [3.63, 3.8) is 0 Å². The number of carbonyl (C=O) groups is 1. The van der Waals surface area contributed by atoms with E-state index in [-0.39, 0.29) is 5.78 Å². The quantitative estimate of drug-likeness (QED) is 0.533. The molecule has 1 N–H and O–H groups in total. The van der Waals surface area contributed by atoms with Crippen LogP contribution in [0.3, 0.4) is 0 Å². The Hall–Kier alpha value is -1.71. The molecule has 0 radical (unpaired) electrons. The van der Waals surface area contributed by atoms with Crippen molar-refractivity contribution >= 4 is 45.4 Å². The van der Waals surface area contributed by atoms with Crippen molar-refractivity contribution in [2.75, 3.05) is 18.1 Å². The number of thioether (sulfide) groups is 1. The van der Waals surface area contributed by atoms with Gasteiger partial charge in [0.25, 0.3) is 0 Å². The summed E-state index contributed by atoms with van der Waals surface area (Å²) in [5.41, 5.74) is 2.68. The number of Topliss-reactive ketones (excluding diaryl/α,β-unsaturated/α-hetero) is 1. The van der Waals surface area contributed by atoms with Crippen molar-refractivity contribution in [3.8, 4) is 5.13 Å². The predicted molar refractivity (Wildman–Crippen MR) is 95.4 cm³/mol. The Morgan fingerprint density at radius 2 is 2.22 bits per heavy atom. The molecule has 0 aliphatic heterocycles. The standard InChI is InChI=1S/C14H15N5OS3/c1-8-6-10(9(2)19(8)13-16-4-5-21-13)11(20)7-22-14-18-17-12(15-3)23-14/h4-6H,7H2,1-3H3,(H,15,17). The smallest absolute Gasteiger partial charge is 0.206 e. The summed E-state index contributed by atoms with van der Waals surface area (Å²) in [5.74, 6) is 0.438. The monoisotopic (exact) mass is 365 g/mol. The maximum absolute atomic E-state index is 12.5. The first kappa shape index (κ1) is 16.2. The topological polar surface area (TPSA) is 72.7 Å². The first-order chi connectivity index (χ1) is 11.1. The van der Waals surface area contributed by atoms with Crippen molar-refractivity contribution in [1.29, 1.82) is 0 Å². The summed E-state index contributed by atoms with van der Waals surface area (Å²) in [6, 6.07) is 1.93. The maximum atomic E-state index is 12.5. The van der Waals surface area contributed by atoms with Gasteiger partial charge >= 0.3 is 0 Å². The number of nitrogens with zero attached hydrogens (tertiary/aromatic N) is 4. The minimum Gasteiger partial charge on any atom is -0.363 e. The molecule has 0 unspecified atom stereocenters. The highest BCUT2D eigenvalue weighted by molar-refractivity contribution is 8.01. The van der Waals surface area contributed by atoms with Crippen LogP contribution in [0.15, 0.2) is 22.0 Å². The van der Waals surface area contributed by atoms with E-state index in [1.165, 1.54) is 23.1 Å². The molecule has 3 aromatic rings. The van der Waals surface area contributed by atoms with Crippen LogP contribution in [0.2, 0.25) is 0 Å². The first-order valence-electron chi connectivity index (χ1n) is 6.86. The minimum absolute atomic E-state index is 0.0899. The number of aromatic nitrogens is 4. The molecule has 0 bridgehead atoms. The molecule has 0 saturated carbocycles. The first-order valence-corrected chi connectivity index (χ1v) is 9.54. The van der Waals surface area contributed by atoms with Gasteiger partial charge in [-0.25, -0.2) is 4.98 Å². The Bertz CT molecular complexity index is 822. The van der Waals surface area contributed by atoms with Gasteiger partial charge in [0, 0.05) is 35.6 Å². The normalized spacial score (nSPS) is 10.9. The Labute approximate surface area is 146 Å². The van der Waals surface area contributed by atoms with Crippen LogP contribution in [-0.4, -0.2) is 38.3 Å². The molecular weight excluding hydrogens is 350 g/mol. The minimum atomic E-state index is 0.0899. The van der Waals surface area contributed by atoms with Crippen LogP contribution in [-0.2, 0) is 0 Å². The fourth-order valence-electron chi connectivity index (χ4n) is 2.24. The van der Waals surface area contributed by atoms with Crippen LogP contribution >= 0.6 is 34.4 Å². The van der Waals surface area contributed by atoms with Crippen molar-refractivity contribution in [2.24, 2.45) is 0 Å². The van der Waals surface area contributed by atoms with Crippen LogP contribution in [0.4, 0.5) is 5.13 Å². The molecule has 6 nitrogen and oxygen atoms in total. The number of ketones is 1. The third-order valence-electron chi connectivity index (χ3n) is 3.29. The fourth-order valence-corrected chi connectivity index (χ4v) is 4.58. The summed E-state index contributed by atoms with van der Waals surface area (Å²) < 4.78 is 2.81. The van der Waals surface area contributed by atoms with Gasteiger partial charge in [-0.05, 0) is 19.9 Å². The van der Waals surface area contributed by atoms with E-state index in [2.05, 4.69) is 20.5 Å². The Morgan fingerprint density at radius 3 is 2.87 bits per heavy atom. The lowest BCUT2D eigenvalue weighted by atomic mass is 10.2. The van der Waals surface area contributed by atoms with Crippen molar-refractivity contribution in [2.45, 2.75) is 18.2 Å². The molecule has 3 heterocycles. The SMILES string of the molecule is CNc1nnc(SCC(=O)c2cc(C)n(-c3nccs3)c2C)s1. The molecule has 0 aliphatic rings. The fraction of sp³-hybridized carbons (Fsp3) is 0.286. The predicted octanol–water partition coefficient (Wildman–Crippen LogP) is 3.42. The number of anilines is 1. The largest absolute Gasteiger partial charge is 0.363 e. The lowest BCUT2D eigenvalue weighted by molar-refractivity contribution is 0.102. The van der Waals surface area contributed by atoms with Crippen LogP contribution in [0.5, 0.6) is 0 Å². The number of thiazole rings is 1. The second-order valence-corrected chi connectivity index (χ2v) is 7.84. The number of hydrogen-bond acceptors (Lipinski definition) is 8. The molecule has 0 fully saturated rings. The zero-order valence-electron chi connectivity index (χ0n) is 12.9. The van der Waals surface area contributed by atoms with E-state index < -0.39 is 0 Å². The second kappa shape index (κ2) is 6.81. The molecule has 120 valence electrons. The van der Waals surface area contributed by atoms with Crippen molar-refractivity contribution in [3.05, 3.63) is 34.6 Å². The summed E-state index contributed by atoms with van der Waals surface area (Å²) >= 11 is 4.42. The van der Waals surface area contributed by atoms with E-state index in [0.29, 0.717) is 5.75 Å². The van der Waals surface area contributed by atoms with E-state index in [4.69, 9.17) is 0 Å². The third-order valence-corrected chi connectivity index (χ3v) is 6.12. The molecule has 0 amide bonds. The summed E-state index contributed by atoms with van der Waals surface area (Å²) in [4.78, 5) is 16.9. The number of rotatable bonds is 6. The average molecular weight is 366 g/mol. The summed E-state index contributed by atoms with van der Waals surface area (Å²) in [6.07, 6.45) is 1.77. The molecule has 3 aromatic heterocycles. The highest BCUT2D eigenvalue weighted by Crippen LogP contribution is 2.27. The molecule has 0 spiro atoms. The number of hydrogen-bond donors (Lipinski definition) is 1. The van der Waals surface area contributed by atoms with Gasteiger partial charge in [-0.15, -0.1) is 21.5 Å².